The lowest BCUT2D eigenvalue weighted by molar-refractivity contribution is -0.124. The van der Waals surface area contributed by atoms with Crippen LogP contribution in [-0.4, -0.2) is 26.5 Å². The van der Waals surface area contributed by atoms with Crippen molar-refractivity contribution < 1.29 is 17.9 Å². The van der Waals surface area contributed by atoms with Gasteiger partial charge in [-0.05, 0) is 54.4 Å². The molecule has 1 aromatic carbocycles. The SMILES string of the molecule is CCC(C)(C)NC(=O)COc1ccc(S(=O)(=O)Cl)cc1Br. The van der Waals surface area contributed by atoms with Crippen LogP contribution in [0.3, 0.4) is 0 Å². The smallest absolute Gasteiger partial charge is 0.261 e. The molecule has 0 saturated carbocycles. The van der Waals surface area contributed by atoms with Crippen molar-refractivity contribution in [2.75, 3.05) is 6.61 Å². The Morgan fingerprint density at radius 1 is 1.43 bits per heavy atom. The highest BCUT2D eigenvalue weighted by molar-refractivity contribution is 9.10. The highest BCUT2D eigenvalue weighted by Gasteiger charge is 2.18. The van der Waals surface area contributed by atoms with Gasteiger partial charge in [0.1, 0.15) is 5.75 Å². The number of halogens is 2. The molecule has 1 rings (SSSR count). The van der Waals surface area contributed by atoms with Crippen LogP contribution in [-0.2, 0) is 13.8 Å². The van der Waals surface area contributed by atoms with Gasteiger partial charge in [-0.1, -0.05) is 6.92 Å². The van der Waals surface area contributed by atoms with E-state index in [0.717, 1.165) is 6.42 Å². The molecule has 1 N–H and O–H groups in total. The Labute approximate surface area is 137 Å². The number of amides is 1. The maximum absolute atomic E-state index is 11.8. The molecule has 118 valence electrons. The Morgan fingerprint density at radius 2 is 2.05 bits per heavy atom. The van der Waals surface area contributed by atoms with Crippen LogP contribution in [0.25, 0.3) is 0 Å². The summed E-state index contributed by atoms with van der Waals surface area (Å²) in [6.45, 7) is 5.65. The molecule has 0 spiro atoms. The van der Waals surface area contributed by atoms with Gasteiger partial charge in [-0.2, -0.15) is 0 Å². The molecule has 0 unspecified atom stereocenters. The van der Waals surface area contributed by atoms with Gasteiger partial charge in [0, 0.05) is 16.2 Å². The molecule has 1 aromatic rings. The van der Waals surface area contributed by atoms with Crippen LogP contribution < -0.4 is 10.1 Å². The van der Waals surface area contributed by atoms with Gasteiger partial charge in [0.05, 0.1) is 9.37 Å². The summed E-state index contributed by atoms with van der Waals surface area (Å²) >= 11 is 3.19. The van der Waals surface area contributed by atoms with E-state index >= 15 is 0 Å². The summed E-state index contributed by atoms with van der Waals surface area (Å²) in [4.78, 5) is 11.7. The van der Waals surface area contributed by atoms with Gasteiger partial charge in [0.25, 0.3) is 15.0 Å². The molecule has 0 radical (unpaired) electrons. The second-order valence-corrected chi connectivity index (χ2v) is 8.52. The van der Waals surface area contributed by atoms with Crippen LogP contribution in [0.4, 0.5) is 0 Å². The fraction of sp³-hybridized carbons (Fsp3) is 0.462. The minimum absolute atomic E-state index is 0.0417. The Kier molecular flexibility index (Phi) is 6.07. The maximum Gasteiger partial charge on any atom is 0.261 e. The maximum atomic E-state index is 11.8. The topological polar surface area (TPSA) is 72.5 Å². The zero-order chi connectivity index (χ0) is 16.3. The van der Waals surface area contributed by atoms with Gasteiger partial charge >= 0.3 is 0 Å². The van der Waals surface area contributed by atoms with E-state index in [4.69, 9.17) is 15.4 Å². The summed E-state index contributed by atoms with van der Waals surface area (Å²) in [6, 6.07) is 4.08. The molecule has 8 heteroatoms. The van der Waals surface area contributed by atoms with Crippen molar-refractivity contribution in [3.05, 3.63) is 22.7 Å². The second-order valence-electron chi connectivity index (χ2n) is 5.10. The minimum Gasteiger partial charge on any atom is -0.483 e. The van der Waals surface area contributed by atoms with Gasteiger partial charge in [0.2, 0.25) is 0 Å². The average Bonchev–Trinajstić information content (AvgIpc) is 2.35. The number of nitrogens with one attached hydrogen (secondary N) is 1. The fourth-order valence-corrected chi connectivity index (χ4v) is 2.82. The third-order valence-electron chi connectivity index (χ3n) is 2.91. The molecule has 0 aliphatic carbocycles. The summed E-state index contributed by atoms with van der Waals surface area (Å²) in [7, 11) is 1.45. The molecule has 0 fully saturated rings. The molecule has 0 aromatic heterocycles. The Bertz CT molecular complexity index is 631. The first-order chi connectivity index (χ1) is 9.55. The van der Waals surface area contributed by atoms with Crippen LogP contribution >= 0.6 is 26.6 Å². The van der Waals surface area contributed by atoms with Gasteiger partial charge in [-0.25, -0.2) is 8.42 Å². The lowest BCUT2D eigenvalue weighted by Gasteiger charge is -2.24. The van der Waals surface area contributed by atoms with Crippen LogP contribution in [0.2, 0.25) is 0 Å². The molecular formula is C13H17BrClNO4S. The van der Waals surface area contributed by atoms with E-state index in [1.54, 1.807) is 0 Å². The Balaban J connectivity index is 2.71. The Hall–Kier alpha value is -0.790. The van der Waals surface area contributed by atoms with Crippen LogP contribution in [0.1, 0.15) is 27.2 Å². The Morgan fingerprint density at radius 3 is 2.52 bits per heavy atom. The average molecular weight is 399 g/mol. The second kappa shape index (κ2) is 6.98. The third kappa shape index (κ3) is 5.84. The van der Waals surface area contributed by atoms with Crippen molar-refractivity contribution in [2.24, 2.45) is 0 Å². The number of carbonyl (C=O) groups excluding carboxylic acids is 1. The molecule has 0 atom stereocenters. The lowest BCUT2D eigenvalue weighted by Crippen LogP contribution is -2.44. The van der Waals surface area contributed by atoms with Crippen molar-refractivity contribution in [3.8, 4) is 5.75 Å². The molecule has 1 amide bonds. The number of benzene rings is 1. The largest absolute Gasteiger partial charge is 0.483 e. The van der Waals surface area contributed by atoms with Crippen LogP contribution in [0, 0.1) is 0 Å². The zero-order valence-corrected chi connectivity index (χ0v) is 15.1. The number of carbonyl (C=O) groups is 1. The summed E-state index contributed by atoms with van der Waals surface area (Å²) in [5.41, 5.74) is -0.297. The third-order valence-corrected chi connectivity index (χ3v) is 4.88. The summed E-state index contributed by atoms with van der Waals surface area (Å²) in [6.07, 6.45) is 0.796. The van der Waals surface area contributed by atoms with Gasteiger partial charge < -0.3 is 10.1 Å². The number of rotatable bonds is 6. The van der Waals surface area contributed by atoms with E-state index in [1.807, 2.05) is 20.8 Å². The van der Waals surface area contributed by atoms with E-state index in [2.05, 4.69) is 21.2 Å². The first-order valence-corrected chi connectivity index (χ1v) is 9.33. The highest BCUT2D eigenvalue weighted by atomic mass is 79.9. The van der Waals surface area contributed by atoms with Crippen molar-refractivity contribution in [2.45, 2.75) is 37.6 Å². The lowest BCUT2D eigenvalue weighted by atomic mass is 10.0. The standard InChI is InChI=1S/C13H17BrClNO4S/c1-4-13(2,3)16-12(17)8-20-11-6-5-9(7-10(11)14)21(15,18)19/h5-7H,4,8H2,1-3H3,(H,16,17). The monoisotopic (exact) mass is 397 g/mol. The quantitative estimate of drug-likeness (QED) is 0.748. The predicted molar refractivity (Wildman–Crippen MR) is 85.2 cm³/mol. The number of hydrogen-bond acceptors (Lipinski definition) is 4. The van der Waals surface area contributed by atoms with Crippen molar-refractivity contribution in [1.82, 2.24) is 5.32 Å². The normalized spacial score (nSPS) is 12.0. The molecule has 5 nitrogen and oxygen atoms in total. The fourth-order valence-electron chi connectivity index (χ4n) is 1.40. The molecule has 0 aliphatic heterocycles. The van der Waals surface area contributed by atoms with Crippen LogP contribution in [0.15, 0.2) is 27.6 Å². The van der Waals surface area contributed by atoms with E-state index < -0.39 is 9.05 Å². The molecule has 21 heavy (non-hydrogen) atoms. The molecular weight excluding hydrogens is 382 g/mol. The number of hydrogen-bond donors (Lipinski definition) is 1. The van der Waals surface area contributed by atoms with E-state index in [9.17, 15) is 13.2 Å². The molecule has 0 bridgehead atoms. The zero-order valence-electron chi connectivity index (χ0n) is 11.9. The summed E-state index contributed by atoms with van der Waals surface area (Å²) in [5.74, 6) is 0.117. The molecule has 0 saturated heterocycles. The first-order valence-electron chi connectivity index (χ1n) is 6.23. The van der Waals surface area contributed by atoms with E-state index in [-0.39, 0.29) is 22.9 Å². The van der Waals surface area contributed by atoms with Crippen LogP contribution in [0.5, 0.6) is 5.75 Å². The molecule has 0 aliphatic rings. The van der Waals surface area contributed by atoms with Crippen molar-refractivity contribution >= 4 is 41.6 Å². The van der Waals surface area contributed by atoms with E-state index in [0.29, 0.717) is 10.2 Å². The van der Waals surface area contributed by atoms with Gasteiger partial charge in [-0.3, -0.25) is 4.79 Å². The minimum atomic E-state index is -3.79. The van der Waals surface area contributed by atoms with Gasteiger partial charge in [-0.15, -0.1) is 0 Å². The predicted octanol–water partition coefficient (Wildman–Crippen LogP) is 3.06. The number of ether oxygens (including phenoxy) is 1. The van der Waals surface area contributed by atoms with Gasteiger partial charge in [0.15, 0.2) is 6.61 Å². The first kappa shape index (κ1) is 18.3. The van der Waals surface area contributed by atoms with E-state index in [1.165, 1.54) is 18.2 Å². The van der Waals surface area contributed by atoms with Crippen molar-refractivity contribution in [1.29, 1.82) is 0 Å². The van der Waals surface area contributed by atoms with Crippen molar-refractivity contribution in [3.63, 3.8) is 0 Å². The summed E-state index contributed by atoms with van der Waals surface area (Å²) in [5, 5.41) is 2.84. The summed E-state index contributed by atoms with van der Waals surface area (Å²) < 4.78 is 28.2. The highest BCUT2D eigenvalue weighted by Crippen LogP contribution is 2.29. The molecule has 0 heterocycles.